The molecular formula is C25H26N2O3. The Morgan fingerprint density at radius 2 is 1.77 bits per heavy atom. The topological polar surface area (TPSA) is 61.6 Å². The van der Waals surface area contributed by atoms with Crippen molar-refractivity contribution in [3.05, 3.63) is 95.1 Å². The van der Waals surface area contributed by atoms with Crippen LogP contribution < -0.4 is 5.32 Å². The van der Waals surface area contributed by atoms with Gasteiger partial charge in [-0.15, -0.1) is 0 Å². The third-order valence-electron chi connectivity index (χ3n) is 5.64. The number of rotatable bonds is 7. The largest absolute Gasteiger partial charge is 0.465 e. The number of anilines is 2. The Morgan fingerprint density at radius 3 is 2.53 bits per heavy atom. The van der Waals surface area contributed by atoms with Crippen molar-refractivity contribution >= 4 is 17.3 Å². The Bertz CT molecular complexity index is 1040. The molecule has 2 N–H and O–H groups in total. The molecular weight excluding hydrogens is 376 g/mol. The van der Waals surface area contributed by atoms with Gasteiger partial charge in [0, 0.05) is 24.8 Å². The Labute approximate surface area is 176 Å². The fraction of sp³-hybridized carbons (Fsp3) is 0.240. The number of carbonyl (C=O) groups is 1. The maximum atomic E-state index is 12.1. The van der Waals surface area contributed by atoms with Crippen LogP contribution in [-0.4, -0.2) is 36.2 Å². The highest BCUT2D eigenvalue weighted by molar-refractivity contribution is 5.96. The predicted molar refractivity (Wildman–Crippen MR) is 118 cm³/mol. The quantitative estimate of drug-likeness (QED) is 0.446. The van der Waals surface area contributed by atoms with E-state index in [1.165, 1.54) is 12.7 Å². The number of ether oxygens (including phenoxy) is 1. The minimum atomic E-state index is -0.496. The summed E-state index contributed by atoms with van der Waals surface area (Å²) in [6.45, 7) is 3.62. The number of aliphatic hydroxyl groups is 1. The normalized spacial score (nSPS) is 18.5. The fourth-order valence-electron chi connectivity index (χ4n) is 3.85. The molecule has 5 nitrogen and oxygen atoms in total. The second kappa shape index (κ2) is 8.69. The number of hydrogen-bond donors (Lipinski definition) is 2. The Kier molecular flexibility index (Phi) is 5.84. The Balaban J connectivity index is 1.49. The molecule has 1 aliphatic rings. The van der Waals surface area contributed by atoms with Crippen LogP contribution >= 0.6 is 0 Å². The number of hydrogen-bond acceptors (Lipinski definition) is 5. The average molecular weight is 402 g/mol. The molecule has 1 aliphatic heterocycles. The lowest BCUT2D eigenvalue weighted by Gasteiger charge is -2.16. The van der Waals surface area contributed by atoms with Crippen LogP contribution in [0.1, 0.15) is 39.2 Å². The molecule has 0 spiro atoms. The summed E-state index contributed by atoms with van der Waals surface area (Å²) in [5, 5.41) is 13.9. The van der Waals surface area contributed by atoms with Gasteiger partial charge in [-0.1, -0.05) is 54.6 Å². The highest BCUT2D eigenvalue weighted by Gasteiger charge is 2.37. The molecule has 5 heteroatoms. The summed E-state index contributed by atoms with van der Waals surface area (Å²) >= 11 is 0. The molecule has 0 aliphatic carbocycles. The summed E-state index contributed by atoms with van der Waals surface area (Å²) in [5.41, 5.74) is 5.49. The number of carbonyl (C=O) groups excluding carboxylic acids is 1. The molecule has 154 valence electrons. The molecule has 3 aromatic rings. The summed E-state index contributed by atoms with van der Waals surface area (Å²) in [6, 6.07) is 23.6. The molecule has 30 heavy (non-hydrogen) atoms. The minimum Gasteiger partial charge on any atom is -0.465 e. The first-order chi connectivity index (χ1) is 14.6. The van der Waals surface area contributed by atoms with Crippen molar-refractivity contribution in [3.63, 3.8) is 0 Å². The van der Waals surface area contributed by atoms with Gasteiger partial charge in [-0.05, 0) is 41.8 Å². The van der Waals surface area contributed by atoms with Crippen LogP contribution in [0, 0.1) is 6.92 Å². The molecule has 3 unspecified atom stereocenters. The van der Waals surface area contributed by atoms with Gasteiger partial charge in [0.05, 0.1) is 24.5 Å². The van der Waals surface area contributed by atoms with Gasteiger partial charge < -0.3 is 15.2 Å². The van der Waals surface area contributed by atoms with Gasteiger partial charge >= 0.3 is 5.97 Å². The number of aliphatic hydroxyl groups excluding tert-OH is 1. The van der Waals surface area contributed by atoms with Crippen LogP contribution in [0.5, 0.6) is 0 Å². The minimum absolute atomic E-state index is 0.293. The van der Waals surface area contributed by atoms with Gasteiger partial charge in [0.25, 0.3) is 0 Å². The third-order valence-corrected chi connectivity index (χ3v) is 5.64. The summed E-state index contributed by atoms with van der Waals surface area (Å²) in [6.07, 6.45) is -0.496. The Hall–Kier alpha value is -3.15. The Morgan fingerprint density at radius 1 is 1.07 bits per heavy atom. The van der Waals surface area contributed by atoms with Gasteiger partial charge in [-0.25, -0.2) is 4.79 Å². The van der Waals surface area contributed by atoms with Gasteiger partial charge in [0.2, 0.25) is 0 Å². The third kappa shape index (κ3) is 4.22. The number of esters is 1. The number of nitrogens with zero attached hydrogens (tertiary/aromatic N) is 1. The first-order valence-electron chi connectivity index (χ1n) is 10.1. The van der Waals surface area contributed by atoms with Crippen molar-refractivity contribution in [2.45, 2.75) is 19.1 Å². The number of nitrogens with one attached hydrogen (secondary N) is 1. The van der Waals surface area contributed by atoms with Gasteiger partial charge in [-0.3, -0.25) is 4.90 Å². The highest BCUT2D eigenvalue weighted by Crippen LogP contribution is 2.40. The molecule has 3 atom stereocenters. The van der Waals surface area contributed by atoms with Crippen LogP contribution in [-0.2, 0) is 4.74 Å². The van der Waals surface area contributed by atoms with E-state index < -0.39 is 6.10 Å². The van der Waals surface area contributed by atoms with E-state index in [0.29, 0.717) is 18.2 Å². The molecule has 0 radical (unpaired) electrons. The zero-order valence-corrected chi connectivity index (χ0v) is 17.2. The molecule has 3 aromatic carbocycles. The van der Waals surface area contributed by atoms with E-state index in [0.717, 1.165) is 29.0 Å². The first-order valence-corrected chi connectivity index (χ1v) is 10.1. The maximum absolute atomic E-state index is 12.1. The first kappa shape index (κ1) is 20.1. The standard InChI is InChI=1S/C25H26N2O3/c1-17-19(23-15-27(23)16-24(28)18-9-4-3-5-10-18)12-8-14-21(17)26-22-13-7-6-11-20(22)25(29)30-2/h3-14,23-24,26,28H,15-16H2,1-2H3. The molecule has 1 heterocycles. The summed E-state index contributed by atoms with van der Waals surface area (Å²) in [7, 11) is 1.39. The molecule has 0 bridgehead atoms. The predicted octanol–water partition coefficient (Wildman–Crippen LogP) is 4.62. The number of para-hydroxylation sites is 1. The van der Waals surface area contributed by atoms with E-state index in [1.54, 1.807) is 6.07 Å². The van der Waals surface area contributed by atoms with Crippen LogP contribution in [0.25, 0.3) is 0 Å². The molecule has 1 fully saturated rings. The van der Waals surface area contributed by atoms with Gasteiger partial charge in [0.15, 0.2) is 0 Å². The number of benzene rings is 3. The lowest BCUT2D eigenvalue weighted by Crippen LogP contribution is -2.12. The average Bonchev–Trinajstić information content (AvgIpc) is 3.54. The van der Waals surface area contributed by atoms with Crippen LogP contribution in [0.2, 0.25) is 0 Å². The molecule has 4 rings (SSSR count). The van der Waals surface area contributed by atoms with E-state index in [4.69, 9.17) is 4.74 Å². The highest BCUT2D eigenvalue weighted by atomic mass is 16.5. The summed E-state index contributed by atoms with van der Waals surface area (Å²) in [4.78, 5) is 14.3. The van der Waals surface area contributed by atoms with E-state index in [9.17, 15) is 9.90 Å². The van der Waals surface area contributed by atoms with Gasteiger partial charge in [-0.2, -0.15) is 0 Å². The zero-order chi connectivity index (χ0) is 21.1. The van der Waals surface area contributed by atoms with Crippen molar-refractivity contribution in [2.24, 2.45) is 0 Å². The number of methoxy groups -OCH3 is 1. The summed E-state index contributed by atoms with van der Waals surface area (Å²) in [5.74, 6) is -0.366. The lowest BCUT2D eigenvalue weighted by molar-refractivity contribution is 0.0602. The number of β-amino-alcohol motifs (C(OH)–C–C–N with tert-alkyl or cyclic N) is 1. The second-order valence-corrected chi connectivity index (χ2v) is 7.58. The van der Waals surface area contributed by atoms with E-state index in [1.807, 2.05) is 60.7 Å². The fourth-order valence-corrected chi connectivity index (χ4v) is 3.85. The van der Waals surface area contributed by atoms with E-state index in [-0.39, 0.29) is 5.97 Å². The zero-order valence-electron chi connectivity index (χ0n) is 17.2. The van der Waals surface area contributed by atoms with E-state index >= 15 is 0 Å². The van der Waals surface area contributed by atoms with Crippen molar-refractivity contribution < 1.29 is 14.6 Å². The molecule has 0 aromatic heterocycles. The van der Waals surface area contributed by atoms with Gasteiger partial charge in [0.1, 0.15) is 0 Å². The van der Waals surface area contributed by atoms with Crippen LogP contribution in [0.15, 0.2) is 72.8 Å². The maximum Gasteiger partial charge on any atom is 0.339 e. The van der Waals surface area contributed by atoms with Crippen molar-refractivity contribution in [1.82, 2.24) is 4.90 Å². The smallest absolute Gasteiger partial charge is 0.339 e. The molecule has 1 saturated heterocycles. The molecule has 0 saturated carbocycles. The van der Waals surface area contributed by atoms with E-state index in [2.05, 4.69) is 23.2 Å². The van der Waals surface area contributed by atoms with Crippen LogP contribution in [0.4, 0.5) is 11.4 Å². The van der Waals surface area contributed by atoms with Crippen molar-refractivity contribution in [3.8, 4) is 0 Å². The SMILES string of the molecule is COC(=O)c1ccccc1Nc1cccc(C2CN2CC(O)c2ccccc2)c1C. The van der Waals surface area contributed by atoms with Crippen LogP contribution in [0.3, 0.4) is 0 Å². The van der Waals surface area contributed by atoms with Crippen molar-refractivity contribution in [2.75, 3.05) is 25.5 Å². The molecule has 0 amide bonds. The summed E-state index contributed by atoms with van der Waals surface area (Å²) < 4.78 is 4.90. The monoisotopic (exact) mass is 402 g/mol. The lowest BCUT2D eigenvalue weighted by atomic mass is 10.0. The van der Waals surface area contributed by atoms with Crippen molar-refractivity contribution in [1.29, 1.82) is 0 Å². The second-order valence-electron chi connectivity index (χ2n) is 7.58.